The minimum atomic E-state index is -3.60. The Hall–Kier alpha value is -2.12. The second-order valence-corrected chi connectivity index (χ2v) is 7.55. The third kappa shape index (κ3) is 4.24. The second kappa shape index (κ2) is 7.19. The topological polar surface area (TPSA) is 80.3 Å². The molecule has 1 aliphatic heterocycles. The second-order valence-electron chi connectivity index (χ2n) is 5.87. The molecule has 24 heavy (non-hydrogen) atoms. The summed E-state index contributed by atoms with van der Waals surface area (Å²) in [6, 6.07) is 10.2. The van der Waals surface area contributed by atoms with Gasteiger partial charge >= 0.3 is 0 Å². The van der Waals surface area contributed by atoms with Crippen molar-refractivity contribution in [1.82, 2.24) is 4.98 Å². The number of sulfonamides is 1. The Labute approximate surface area is 142 Å². The van der Waals surface area contributed by atoms with Crippen LogP contribution in [0.25, 0.3) is 0 Å². The van der Waals surface area contributed by atoms with Crippen LogP contribution in [0.15, 0.2) is 47.5 Å². The maximum absolute atomic E-state index is 12.4. The van der Waals surface area contributed by atoms with E-state index in [0.717, 1.165) is 25.0 Å². The van der Waals surface area contributed by atoms with E-state index >= 15 is 0 Å². The van der Waals surface area contributed by atoms with Crippen LogP contribution in [0.5, 0.6) is 0 Å². The molecule has 0 amide bonds. The van der Waals surface area contributed by atoms with E-state index in [-0.39, 0.29) is 11.0 Å². The SMILES string of the molecule is Cc1cccc(S(=O)(=O)Nc2ccc(NCC3CCCO3)nc2)c1. The van der Waals surface area contributed by atoms with E-state index in [1.54, 1.807) is 30.3 Å². The average molecular weight is 347 g/mol. The number of pyridine rings is 1. The van der Waals surface area contributed by atoms with Crippen LogP contribution in [-0.4, -0.2) is 32.7 Å². The summed E-state index contributed by atoms with van der Waals surface area (Å²) < 4.78 is 32.8. The number of hydrogen-bond acceptors (Lipinski definition) is 5. The smallest absolute Gasteiger partial charge is 0.261 e. The molecule has 1 unspecified atom stereocenters. The molecule has 1 aromatic carbocycles. The first-order valence-corrected chi connectivity index (χ1v) is 9.42. The number of aromatic nitrogens is 1. The van der Waals surface area contributed by atoms with Crippen LogP contribution in [0.1, 0.15) is 18.4 Å². The summed E-state index contributed by atoms with van der Waals surface area (Å²) in [5, 5.41) is 3.20. The summed E-state index contributed by atoms with van der Waals surface area (Å²) in [7, 11) is -3.60. The molecule has 0 saturated carbocycles. The Balaban J connectivity index is 1.63. The van der Waals surface area contributed by atoms with E-state index in [9.17, 15) is 8.42 Å². The van der Waals surface area contributed by atoms with Gasteiger partial charge in [0.2, 0.25) is 0 Å². The van der Waals surface area contributed by atoms with Gasteiger partial charge in [0.15, 0.2) is 0 Å². The largest absolute Gasteiger partial charge is 0.376 e. The Morgan fingerprint density at radius 2 is 2.17 bits per heavy atom. The first kappa shape index (κ1) is 16.7. The van der Waals surface area contributed by atoms with Gasteiger partial charge in [0.05, 0.1) is 22.9 Å². The summed E-state index contributed by atoms with van der Waals surface area (Å²) in [4.78, 5) is 4.48. The Bertz CT molecular complexity index is 785. The van der Waals surface area contributed by atoms with E-state index in [1.165, 1.54) is 6.20 Å². The van der Waals surface area contributed by atoms with Crippen LogP contribution in [0.4, 0.5) is 11.5 Å². The fourth-order valence-corrected chi connectivity index (χ4v) is 3.73. The minimum absolute atomic E-state index is 0.228. The third-order valence-electron chi connectivity index (χ3n) is 3.85. The molecule has 128 valence electrons. The zero-order chi connectivity index (χ0) is 17.0. The van der Waals surface area contributed by atoms with Crippen molar-refractivity contribution in [3.8, 4) is 0 Å². The maximum atomic E-state index is 12.4. The lowest BCUT2D eigenvalue weighted by Crippen LogP contribution is -2.19. The molecule has 1 atom stereocenters. The molecule has 1 saturated heterocycles. The van der Waals surface area contributed by atoms with Gasteiger partial charge in [-0.3, -0.25) is 4.72 Å². The first-order chi connectivity index (χ1) is 11.5. The quantitative estimate of drug-likeness (QED) is 0.840. The Morgan fingerprint density at radius 3 is 2.83 bits per heavy atom. The molecule has 0 radical (unpaired) electrons. The van der Waals surface area contributed by atoms with Crippen molar-refractivity contribution in [2.75, 3.05) is 23.2 Å². The van der Waals surface area contributed by atoms with Crippen LogP contribution in [0.3, 0.4) is 0 Å². The van der Waals surface area contributed by atoms with Gasteiger partial charge in [-0.25, -0.2) is 13.4 Å². The number of ether oxygens (including phenoxy) is 1. The number of hydrogen-bond donors (Lipinski definition) is 2. The molecule has 0 bridgehead atoms. The zero-order valence-electron chi connectivity index (χ0n) is 13.5. The molecule has 1 fully saturated rings. The summed E-state index contributed by atoms with van der Waals surface area (Å²) in [6.07, 6.45) is 3.89. The van der Waals surface area contributed by atoms with E-state index < -0.39 is 10.0 Å². The highest BCUT2D eigenvalue weighted by atomic mass is 32.2. The molecular formula is C17H21N3O3S. The summed E-state index contributed by atoms with van der Waals surface area (Å²) >= 11 is 0. The van der Waals surface area contributed by atoms with Crippen molar-refractivity contribution in [3.05, 3.63) is 48.2 Å². The van der Waals surface area contributed by atoms with Crippen molar-refractivity contribution >= 4 is 21.5 Å². The fourth-order valence-electron chi connectivity index (χ4n) is 2.58. The van der Waals surface area contributed by atoms with Crippen LogP contribution < -0.4 is 10.0 Å². The standard InChI is InChI=1S/C17H21N3O3S/c1-13-4-2-6-16(10-13)24(21,22)20-14-7-8-17(18-11-14)19-12-15-5-3-9-23-15/h2,4,6-8,10-11,15,20H,3,5,9,12H2,1H3,(H,18,19). The summed E-state index contributed by atoms with van der Waals surface area (Å²) in [5.74, 6) is 0.698. The number of aryl methyl sites for hydroxylation is 1. The molecule has 1 aliphatic rings. The highest BCUT2D eigenvalue weighted by molar-refractivity contribution is 7.92. The summed E-state index contributed by atoms with van der Waals surface area (Å²) in [6.45, 7) is 3.38. The van der Waals surface area contributed by atoms with Gasteiger partial charge in [-0.15, -0.1) is 0 Å². The van der Waals surface area contributed by atoms with Crippen LogP contribution in [0, 0.1) is 6.92 Å². The van der Waals surface area contributed by atoms with Gasteiger partial charge < -0.3 is 10.1 Å². The minimum Gasteiger partial charge on any atom is -0.376 e. The molecular weight excluding hydrogens is 326 g/mol. The van der Waals surface area contributed by atoms with E-state index in [2.05, 4.69) is 15.0 Å². The molecule has 2 aromatic rings. The molecule has 2 heterocycles. The first-order valence-electron chi connectivity index (χ1n) is 7.94. The molecule has 7 heteroatoms. The van der Waals surface area contributed by atoms with Crippen LogP contribution >= 0.6 is 0 Å². The predicted molar refractivity (Wildman–Crippen MR) is 93.7 cm³/mol. The molecule has 6 nitrogen and oxygen atoms in total. The zero-order valence-corrected chi connectivity index (χ0v) is 14.3. The van der Waals surface area contributed by atoms with E-state index in [1.807, 2.05) is 13.0 Å². The van der Waals surface area contributed by atoms with Gasteiger partial charge in [0.1, 0.15) is 5.82 Å². The van der Waals surface area contributed by atoms with Gasteiger partial charge in [0.25, 0.3) is 10.0 Å². The fraction of sp³-hybridized carbons (Fsp3) is 0.353. The maximum Gasteiger partial charge on any atom is 0.261 e. The lowest BCUT2D eigenvalue weighted by Gasteiger charge is -2.12. The highest BCUT2D eigenvalue weighted by Crippen LogP contribution is 2.18. The lowest BCUT2D eigenvalue weighted by molar-refractivity contribution is 0.120. The molecule has 1 aromatic heterocycles. The average Bonchev–Trinajstić information content (AvgIpc) is 3.07. The number of nitrogens with one attached hydrogen (secondary N) is 2. The monoisotopic (exact) mass is 347 g/mol. The number of benzene rings is 1. The summed E-state index contributed by atoms with van der Waals surface area (Å²) in [5.41, 5.74) is 1.32. The van der Waals surface area contributed by atoms with Crippen molar-refractivity contribution in [1.29, 1.82) is 0 Å². The van der Waals surface area contributed by atoms with E-state index in [0.29, 0.717) is 18.1 Å². The Kier molecular flexibility index (Phi) is 5.01. The third-order valence-corrected chi connectivity index (χ3v) is 5.23. The van der Waals surface area contributed by atoms with Crippen molar-refractivity contribution in [3.63, 3.8) is 0 Å². The highest BCUT2D eigenvalue weighted by Gasteiger charge is 2.16. The van der Waals surface area contributed by atoms with Crippen molar-refractivity contribution in [2.45, 2.75) is 30.8 Å². The molecule has 0 aliphatic carbocycles. The molecule has 0 spiro atoms. The normalized spacial score (nSPS) is 17.6. The molecule has 2 N–H and O–H groups in total. The van der Waals surface area contributed by atoms with Crippen LogP contribution in [0.2, 0.25) is 0 Å². The predicted octanol–water partition coefficient (Wildman–Crippen LogP) is 2.78. The molecule has 3 rings (SSSR count). The van der Waals surface area contributed by atoms with Crippen LogP contribution in [-0.2, 0) is 14.8 Å². The number of rotatable bonds is 6. The number of anilines is 2. The van der Waals surface area contributed by atoms with Gasteiger partial charge in [-0.1, -0.05) is 12.1 Å². The Morgan fingerprint density at radius 1 is 1.29 bits per heavy atom. The lowest BCUT2D eigenvalue weighted by atomic mass is 10.2. The van der Waals surface area contributed by atoms with E-state index in [4.69, 9.17) is 4.74 Å². The van der Waals surface area contributed by atoms with Gasteiger partial charge in [-0.2, -0.15) is 0 Å². The number of nitrogens with zero attached hydrogens (tertiary/aromatic N) is 1. The van der Waals surface area contributed by atoms with Crippen molar-refractivity contribution in [2.24, 2.45) is 0 Å². The van der Waals surface area contributed by atoms with Gasteiger partial charge in [0, 0.05) is 13.2 Å². The van der Waals surface area contributed by atoms with Crippen molar-refractivity contribution < 1.29 is 13.2 Å². The van der Waals surface area contributed by atoms with Gasteiger partial charge in [-0.05, 0) is 49.6 Å².